The first-order valence-electron chi connectivity index (χ1n) is 12.8. The average molecular weight is 642 g/mol. The van der Waals surface area contributed by atoms with E-state index in [0.29, 0.717) is 11.0 Å². The summed E-state index contributed by atoms with van der Waals surface area (Å²) in [5, 5.41) is 22.1. The van der Waals surface area contributed by atoms with Crippen LogP contribution in [0.3, 0.4) is 0 Å². The molecule has 6 heterocycles. The molecule has 0 aliphatic carbocycles. The highest BCUT2D eigenvalue weighted by Gasteiger charge is 2.53. The van der Waals surface area contributed by atoms with E-state index in [1.54, 1.807) is 24.3 Å². The maximum absolute atomic E-state index is 13.1. The molecule has 19 nitrogen and oxygen atoms in total. The third kappa shape index (κ3) is 5.16. The Morgan fingerprint density at radius 3 is 2.30 bits per heavy atom. The van der Waals surface area contributed by atoms with Crippen LogP contribution in [0.2, 0.25) is 0 Å². The van der Waals surface area contributed by atoms with E-state index in [4.69, 9.17) is 27.6 Å². The Hall–Kier alpha value is -2.90. The zero-order chi connectivity index (χ0) is 30.1. The molecule has 5 N–H and O–H groups in total. The number of benzene rings is 1. The highest BCUT2D eigenvalue weighted by Crippen LogP contribution is 2.53. The molecule has 3 aromatic heterocycles. The number of phosphoric acid groups is 2. The number of para-hydroxylation sites is 2. The lowest BCUT2D eigenvalue weighted by atomic mass is 10.1. The molecule has 4 aromatic rings. The summed E-state index contributed by atoms with van der Waals surface area (Å²) in [6, 6.07) is 6.95. The Kier molecular flexibility index (Phi) is 7.13. The highest BCUT2D eigenvalue weighted by molar-refractivity contribution is 7.47. The first kappa shape index (κ1) is 28.8. The first-order valence-corrected chi connectivity index (χ1v) is 15.8. The molecule has 6 unspecified atom stereocenters. The van der Waals surface area contributed by atoms with Gasteiger partial charge in [-0.15, -0.1) is 0 Å². The normalized spacial score (nSPS) is 38.9. The van der Waals surface area contributed by atoms with E-state index in [0.717, 1.165) is 12.7 Å². The molecule has 0 saturated carbocycles. The topological polar surface area (TPSA) is 252 Å². The molecule has 3 aliphatic heterocycles. The Bertz CT molecular complexity index is 1830. The quantitative estimate of drug-likeness (QED) is 0.176. The van der Waals surface area contributed by atoms with Gasteiger partial charge >= 0.3 is 15.6 Å². The highest BCUT2D eigenvalue weighted by atomic mass is 31.2. The summed E-state index contributed by atoms with van der Waals surface area (Å²) in [4.78, 5) is 48.0. The third-order valence-electron chi connectivity index (χ3n) is 7.33. The molecule has 0 amide bonds. The van der Waals surface area contributed by atoms with Crippen LogP contribution < -0.4 is 5.56 Å². The van der Waals surface area contributed by atoms with Crippen molar-refractivity contribution in [3.63, 3.8) is 0 Å². The zero-order valence-electron chi connectivity index (χ0n) is 21.7. The van der Waals surface area contributed by atoms with Crippen LogP contribution in [0.15, 0.2) is 48.0 Å². The van der Waals surface area contributed by atoms with Crippen LogP contribution in [0.1, 0.15) is 12.5 Å². The molecule has 43 heavy (non-hydrogen) atoms. The predicted octanol–water partition coefficient (Wildman–Crippen LogP) is -0.296. The molecule has 0 radical (unpaired) electrons. The van der Waals surface area contributed by atoms with Gasteiger partial charge in [-0.25, -0.2) is 24.1 Å². The van der Waals surface area contributed by atoms with Crippen molar-refractivity contribution in [1.29, 1.82) is 0 Å². The Morgan fingerprint density at radius 2 is 1.51 bits per heavy atom. The van der Waals surface area contributed by atoms with Crippen molar-refractivity contribution < 1.29 is 56.7 Å². The lowest BCUT2D eigenvalue weighted by molar-refractivity contribution is -0.0671. The maximum atomic E-state index is 13.1. The van der Waals surface area contributed by atoms with Gasteiger partial charge in [0.1, 0.15) is 36.6 Å². The van der Waals surface area contributed by atoms with E-state index in [9.17, 15) is 33.9 Å². The van der Waals surface area contributed by atoms with Crippen LogP contribution in [0.25, 0.3) is 22.2 Å². The monoisotopic (exact) mass is 642 g/mol. The van der Waals surface area contributed by atoms with Crippen LogP contribution in [-0.4, -0.2) is 98.9 Å². The number of aliphatic hydroxyl groups is 2. The van der Waals surface area contributed by atoms with Gasteiger partial charge in [-0.2, -0.15) is 0 Å². The summed E-state index contributed by atoms with van der Waals surface area (Å²) in [6.45, 7) is -1.52. The van der Waals surface area contributed by atoms with Crippen LogP contribution in [-0.2, 0) is 36.7 Å². The summed E-state index contributed by atoms with van der Waals surface area (Å²) in [5.74, 6) is 0. The van der Waals surface area contributed by atoms with E-state index in [2.05, 4.69) is 19.9 Å². The predicted molar refractivity (Wildman–Crippen MR) is 139 cm³/mol. The second-order valence-corrected chi connectivity index (χ2v) is 12.8. The van der Waals surface area contributed by atoms with Gasteiger partial charge in [0.15, 0.2) is 23.6 Å². The lowest BCUT2D eigenvalue weighted by Crippen LogP contribution is -2.36. The van der Waals surface area contributed by atoms with Crippen LogP contribution in [0.4, 0.5) is 0 Å². The van der Waals surface area contributed by atoms with E-state index in [-0.39, 0.29) is 11.2 Å². The number of imidazole rings is 2. The van der Waals surface area contributed by atoms with Crippen LogP contribution >= 0.6 is 15.6 Å². The van der Waals surface area contributed by atoms with Gasteiger partial charge in [0.05, 0.1) is 43.2 Å². The molecule has 10 atom stereocenters. The molecule has 21 heteroatoms. The number of ether oxygens (including phenoxy) is 2. The number of aliphatic hydroxyl groups excluding tert-OH is 2. The number of H-pyrrole nitrogens is 1. The summed E-state index contributed by atoms with van der Waals surface area (Å²) < 4.78 is 61.4. The van der Waals surface area contributed by atoms with Gasteiger partial charge in [0, 0.05) is 0 Å². The van der Waals surface area contributed by atoms with Crippen molar-refractivity contribution >= 4 is 37.8 Å². The van der Waals surface area contributed by atoms with Crippen molar-refractivity contribution in [2.45, 2.75) is 49.1 Å². The van der Waals surface area contributed by atoms with Crippen molar-refractivity contribution in [2.75, 3.05) is 13.2 Å². The number of phosphoric ester groups is 2. The molecule has 7 rings (SSSR count). The van der Waals surface area contributed by atoms with Gasteiger partial charge in [-0.3, -0.25) is 27.5 Å². The SMILES string of the molecule is O=c1[nH]cnc2c1ncn2[C@@H]1O[C@@H]2COP(=O)(O)OC3C(O)[C@H](n4cnc5ccccc54)O[C@@H]3COP(=O)(O)OC1C2O. The molecular formula is C22H24N6O13P2. The first-order chi connectivity index (χ1) is 20.5. The number of aromatic nitrogens is 6. The zero-order valence-corrected chi connectivity index (χ0v) is 23.5. The van der Waals surface area contributed by atoms with Crippen LogP contribution in [0.5, 0.6) is 0 Å². The largest absolute Gasteiger partial charge is 0.472 e. The minimum absolute atomic E-state index is 0.00339. The fraction of sp³-hybridized carbons (Fsp3) is 0.455. The molecule has 3 aliphatic rings. The minimum atomic E-state index is -5.04. The minimum Gasteiger partial charge on any atom is -0.387 e. The van der Waals surface area contributed by atoms with Crippen molar-refractivity contribution in [2.24, 2.45) is 0 Å². The van der Waals surface area contributed by atoms with Gasteiger partial charge in [0.25, 0.3) is 5.56 Å². The molecule has 1 aromatic carbocycles. The van der Waals surface area contributed by atoms with Gasteiger partial charge in [-0.05, 0) is 12.1 Å². The van der Waals surface area contributed by atoms with Crippen molar-refractivity contribution in [3.05, 3.63) is 53.6 Å². The maximum Gasteiger partial charge on any atom is 0.472 e. The fourth-order valence-corrected chi connectivity index (χ4v) is 7.24. The summed E-state index contributed by atoms with van der Waals surface area (Å²) in [6.07, 6.45) is -8.29. The van der Waals surface area contributed by atoms with E-state index < -0.39 is 83.5 Å². The lowest BCUT2D eigenvalue weighted by Gasteiger charge is -2.25. The second-order valence-electron chi connectivity index (χ2n) is 9.98. The van der Waals surface area contributed by atoms with E-state index in [1.165, 1.54) is 15.5 Å². The number of hydrogen-bond donors (Lipinski definition) is 5. The standard InChI is InChI=1S/C22H24N6O13P2/c29-15-12-5-36-42(32,33)40-17-13(39-21(16(17)30)27-8-25-10-3-1-2-4-11(10)27)6-37-43(34,35)41-18(15)22(38-12)28-9-26-14-19(28)23-7-24-20(14)31/h1-4,7-9,12-13,15-18,21-22,29-30H,5-6H2,(H,32,33)(H,34,35)(H,23,24,31)/t12-,13-,15?,16?,17?,18?,21-,22-/m1/s1. The Labute approximate surface area is 239 Å². The number of rotatable bonds is 2. The molecule has 230 valence electrons. The average Bonchev–Trinajstić information content (AvgIpc) is 3.72. The van der Waals surface area contributed by atoms with E-state index in [1.807, 2.05) is 0 Å². The Morgan fingerprint density at radius 1 is 0.837 bits per heavy atom. The summed E-state index contributed by atoms with van der Waals surface area (Å²) in [7, 11) is -10.0. The van der Waals surface area contributed by atoms with Crippen molar-refractivity contribution in [3.8, 4) is 0 Å². The second kappa shape index (κ2) is 10.6. The fourth-order valence-electron chi connectivity index (χ4n) is 5.34. The summed E-state index contributed by atoms with van der Waals surface area (Å²) >= 11 is 0. The molecule has 3 saturated heterocycles. The molecule has 2 bridgehead atoms. The molecule has 3 fully saturated rings. The molecule has 0 spiro atoms. The number of hydrogen-bond acceptors (Lipinski definition) is 14. The Balaban J connectivity index is 1.20. The molecular weight excluding hydrogens is 618 g/mol. The van der Waals surface area contributed by atoms with Gasteiger partial charge in [0.2, 0.25) is 0 Å². The van der Waals surface area contributed by atoms with E-state index >= 15 is 0 Å². The number of fused-ring (bicyclic) bond motifs is 5. The number of nitrogens with one attached hydrogen (secondary N) is 1. The van der Waals surface area contributed by atoms with Crippen LogP contribution in [0, 0.1) is 0 Å². The van der Waals surface area contributed by atoms with Gasteiger partial charge < -0.3 is 39.0 Å². The van der Waals surface area contributed by atoms with Gasteiger partial charge in [-0.1, -0.05) is 12.1 Å². The third-order valence-corrected chi connectivity index (χ3v) is 9.30. The smallest absolute Gasteiger partial charge is 0.387 e. The number of nitrogens with zero attached hydrogens (tertiary/aromatic N) is 5. The summed E-state index contributed by atoms with van der Waals surface area (Å²) in [5.41, 5.74) is 0.477. The number of aromatic amines is 1. The van der Waals surface area contributed by atoms with Crippen molar-refractivity contribution in [1.82, 2.24) is 29.1 Å².